The van der Waals surface area contributed by atoms with Gasteiger partial charge in [-0.15, -0.1) is 0 Å². The summed E-state index contributed by atoms with van der Waals surface area (Å²) in [5.41, 5.74) is 6.19. The van der Waals surface area contributed by atoms with E-state index in [0.29, 0.717) is 5.92 Å². The van der Waals surface area contributed by atoms with Crippen LogP contribution in [0.1, 0.15) is 34.1 Å². The highest BCUT2D eigenvalue weighted by Gasteiger charge is 2.31. The van der Waals surface area contributed by atoms with Crippen molar-refractivity contribution in [3.05, 3.63) is 0 Å². The summed E-state index contributed by atoms with van der Waals surface area (Å²) < 4.78 is 0. The Morgan fingerprint density at radius 3 is 2.12 bits per heavy atom. The van der Waals surface area contributed by atoms with Gasteiger partial charge in [-0.1, -0.05) is 27.7 Å². The number of hydrogen-bond acceptors (Lipinski definition) is 3. The van der Waals surface area contributed by atoms with E-state index in [4.69, 9.17) is 5.73 Å². The summed E-state index contributed by atoms with van der Waals surface area (Å²) in [4.78, 5) is 2.39. The first-order chi connectivity index (χ1) is 7.45. The maximum absolute atomic E-state index is 9.55. The smallest absolute Gasteiger partial charge is 0.0602 e. The Morgan fingerprint density at radius 1 is 1.25 bits per heavy atom. The van der Waals surface area contributed by atoms with E-state index >= 15 is 0 Å². The quantitative estimate of drug-likeness (QED) is 0.763. The molecule has 0 aliphatic carbocycles. The van der Waals surface area contributed by atoms with Crippen molar-refractivity contribution in [3.63, 3.8) is 0 Å². The molecular weight excluding hydrogens is 200 g/mol. The minimum absolute atomic E-state index is 0.0718. The maximum atomic E-state index is 9.55. The molecule has 0 radical (unpaired) electrons. The zero-order valence-corrected chi connectivity index (χ0v) is 11.2. The van der Waals surface area contributed by atoms with Crippen LogP contribution in [-0.2, 0) is 0 Å². The van der Waals surface area contributed by atoms with Gasteiger partial charge < -0.3 is 10.8 Å². The summed E-state index contributed by atoms with van der Waals surface area (Å²) in [6.07, 6.45) is 1.30. The van der Waals surface area contributed by atoms with Gasteiger partial charge in [0.15, 0.2) is 0 Å². The Hall–Kier alpha value is -0.120. The van der Waals surface area contributed by atoms with Gasteiger partial charge in [0.2, 0.25) is 0 Å². The molecule has 0 aromatic rings. The van der Waals surface area contributed by atoms with E-state index in [1.165, 1.54) is 6.42 Å². The molecule has 4 atom stereocenters. The number of aliphatic hydroxyl groups is 1. The summed E-state index contributed by atoms with van der Waals surface area (Å²) in [7, 11) is 0. The fraction of sp³-hybridized carbons (Fsp3) is 1.00. The van der Waals surface area contributed by atoms with Gasteiger partial charge in [0, 0.05) is 25.2 Å². The highest BCUT2D eigenvalue weighted by molar-refractivity contribution is 4.87. The lowest BCUT2D eigenvalue weighted by atomic mass is 9.88. The predicted molar refractivity (Wildman–Crippen MR) is 68.2 cm³/mol. The van der Waals surface area contributed by atoms with Crippen molar-refractivity contribution >= 4 is 0 Å². The number of nitrogens with two attached hydrogens (primary N) is 1. The van der Waals surface area contributed by atoms with Crippen molar-refractivity contribution in [2.45, 2.75) is 46.2 Å². The minimum atomic E-state index is 0.0718. The Balaban J connectivity index is 2.64. The van der Waals surface area contributed by atoms with Crippen molar-refractivity contribution in [1.29, 1.82) is 0 Å². The van der Waals surface area contributed by atoms with E-state index in [1.54, 1.807) is 0 Å². The lowest BCUT2D eigenvalue weighted by Gasteiger charge is -2.42. The molecule has 1 aliphatic heterocycles. The molecule has 1 fully saturated rings. The van der Waals surface area contributed by atoms with E-state index in [9.17, 15) is 5.11 Å². The summed E-state index contributed by atoms with van der Waals surface area (Å²) in [5.74, 6) is 1.86. The molecule has 0 saturated carbocycles. The molecule has 4 unspecified atom stereocenters. The highest BCUT2D eigenvalue weighted by Crippen LogP contribution is 2.24. The lowest BCUT2D eigenvalue weighted by Crippen LogP contribution is -2.56. The zero-order chi connectivity index (χ0) is 12.3. The molecule has 3 N–H and O–H groups in total. The first-order valence-electron chi connectivity index (χ1n) is 6.56. The summed E-state index contributed by atoms with van der Waals surface area (Å²) in [5, 5.41) is 9.55. The molecule has 3 heteroatoms. The third kappa shape index (κ3) is 3.44. The number of nitrogens with zero attached hydrogens (tertiary/aromatic N) is 1. The van der Waals surface area contributed by atoms with Gasteiger partial charge in [-0.2, -0.15) is 0 Å². The van der Waals surface area contributed by atoms with Crippen LogP contribution in [0.4, 0.5) is 0 Å². The molecule has 1 aliphatic rings. The van der Waals surface area contributed by atoms with Crippen molar-refractivity contribution in [2.24, 2.45) is 23.5 Å². The topological polar surface area (TPSA) is 49.5 Å². The fourth-order valence-corrected chi connectivity index (χ4v) is 2.91. The van der Waals surface area contributed by atoms with Gasteiger partial charge >= 0.3 is 0 Å². The van der Waals surface area contributed by atoms with Gasteiger partial charge in [-0.3, -0.25) is 4.90 Å². The average molecular weight is 228 g/mol. The Kier molecular flexibility index (Phi) is 5.22. The number of rotatable bonds is 4. The second-order valence-electron chi connectivity index (χ2n) is 5.97. The van der Waals surface area contributed by atoms with E-state index in [0.717, 1.165) is 24.9 Å². The molecule has 16 heavy (non-hydrogen) atoms. The van der Waals surface area contributed by atoms with E-state index in [-0.39, 0.29) is 18.7 Å². The van der Waals surface area contributed by atoms with Crippen LogP contribution in [0, 0.1) is 17.8 Å². The molecule has 0 aromatic carbocycles. The number of aliphatic hydroxyl groups excluding tert-OH is 1. The Bertz CT molecular complexity index is 198. The number of hydrogen-bond donors (Lipinski definition) is 2. The lowest BCUT2D eigenvalue weighted by molar-refractivity contribution is 0.0404. The van der Waals surface area contributed by atoms with Gasteiger partial charge in [-0.05, 0) is 24.2 Å². The van der Waals surface area contributed by atoms with Gasteiger partial charge in [0.1, 0.15) is 0 Å². The summed E-state index contributed by atoms with van der Waals surface area (Å²) >= 11 is 0. The first-order valence-corrected chi connectivity index (χ1v) is 6.56. The van der Waals surface area contributed by atoms with E-state index in [1.807, 2.05) is 0 Å². The van der Waals surface area contributed by atoms with Crippen molar-refractivity contribution in [2.75, 3.05) is 19.7 Å². The molecule has 0 bridgehead atoms. The first kappa shape index (κ1) is 13.9. The number of likely N-dealkylation sites (tertiary alicyclic amines) is 1. The standard InChI is InChI=1S/C13H28N2O/c1-9(2)13(14)12(8-16)15-6-10(3)5-11(4)7-15/h9-13,16H,5-8,14H2,1-4H3. The third-order valence-electron chi connectivity index (χ3n) is 3.77. The minimum Gasteiger partial charge on any atom is -0.395 e. The van der Waals surface area contributed by atoms with E-state index < -0.39 is 0 Å². The molecule has 1 saturated heterocycles. The third-order valence-corrected chi connectivity index (χ3v) is 3.77. The summed E-state index contributed by atoms with van der Waals surface area (Å²) in [6, 6.07) is 0.202. The van der Waals surface area contributed by atoms with Crippen LogP contribution < -0.4 is 5.73 Å². The Morgan fingerprint density at radius 2 is 1.75 bits per heavy atom. The van der Waals surface area contributed by atoms with Crippen LogP contribution in [0.2, 0.25) is 0 Å². The van der Waals surface area contributed by atoms with Crippen LogP contribution >= 0.6 is 0 Å². The molecule has 1 rings (SSSR count). The fourth-order valence-electron chi connectivity index (χ4n) is 2.91. The van der Waals surface area contributed by atoms with Crippen molar-refractivity contribution in [1.82, 2.24) is 4.90 Å². The predicted octanol–water partition coefficient (Wildman–Crippen LogP) is 1.31. The number of piperidine rings is 1. The van der Waals surface area contributed by atoms with Crippen LogP contribution in [0.3, 0.4) is 0 Å². The second-order valence-corrected chi connectivity index (χ2v) is 5.97. The van der Waals surface area contributed by atoms with E-state index in [2.05, 4.69) is 32.6 Å². The monoisotopic (exact) mass is 228 g/mol. The summed E-state index contributed by atoms with van der Waals surface area (Å²) in [6.45, 7) is 11.2. The zero-order valence-electron chi connectivity index (χ0n) is 11.2. The maximum Gasteiger partial charge on any atom is 0.0602 e. The molecule has 96 valence electrons. The van der Waals surface area contributed by atoms with Gasteiger partial charge in [0.25, 0.3) is 0 Å². The van der Waals surface area contributed by atoms with Gasteiger partial charge in [-0.25, -0.2) is 0 Å². The van der Waals surface area contributed by atoms with Crippen molar-refractivity contribution in [3.8, 4) is 0 Å². The highest BCUT2D eigenvalue weighted by atomic mass is 16.3. The van der Waals surface area contributed by atoms with Crippen LogP contribution in [0.15, 0.2) is 0 Å². The van der Waals surface area contributed by atoms with Crippen LogP contribution in [0.25, 0.3) is 0 Å². The Labute approximate surface area is 100 Å². The molecule has 0 aromatic heterocycles. The normalized spacial score (nSPS) is 31.7. The molecule has 0 spiro atoms. The molecular formula is C13H28N2O. The largest absolute Gasteiger partial charge is 0.395 e. The van der Waals surface area contributed by atoms with Gasteiger partial charge in [0.05, 0.1) is 6.61 Å². The molecule has 3 nitrogen and oxygen atoms in total. The second kappa shape index (κ2) is 5.99. The van der Waals surface area contributed by atoms with Crippen LogP contribution in [-0.4, -0.2) is 41.8 Å². The molecule has 0 amide bonds. The van der Waals surface area contributed by atoms with Crippen molar-refractivity contribution < 1.29 is 5.11 Å². The van der Waals surface area contributed by atoms with Crippen LogP contribution in [0.5, 0.6) is 0 Å². The SMILES string of the molecule is CC1CC(C)CN(C(CO)C(N)C(C)C)C1. The molecule has 1 heterocycles. The average Bonchev–Trinajstić information content (AvgIpc) is 2.16.